The molecule has 1 aliphatic rings. The second-order valence-corrected chi connectivity index (χ2v) is 5.41. The van der Waals surface area contributed by atoms with Gasteiger partial charge in [-0.3, -0.25) is 0 Å². The topological polar surface area (TPSA) is 105 Å². The van der Waals surface area contributed by atoms with Crippen LogP contribution in [0.3, 0.4) is 0 Å². The normalized spacial score (nSPS) is 32.1. The molecule has 1 fully saturated rings. The molecule has 0 aromatic heterocycles. The summed E-state index contributed by atoms with van der Waals surface area (Å²) in [6.07, 6.45) is -4.34. The largest absolute Gasteiger partial charge is 0.463 e. The summed E-state index contributed by atoms with van der Waals surface area (Å²) < 4.78 is 11.1. The van der Waals surface area contributed by atoms with Gasteiger partial charge in [-0.15, -0.1) is 0 Å². The number of ether oxygens (including phenoxy) is 2. The van der Waals surface area contributed by atoms with Crippen molar-refractivity contribution < 1.29 is 24.8 Å². The van der Waals surface area contributed by atoms with Crippen molar-refractivity contribution in [3.8, 4) is 5.75 Å². The zero-order chi connectivity index (χ0) is 15.7. The summed E-state index contributed by atoms with van der Waals surface area (Å²) in [7, 11) is 0. The highest BCUT2D eigenvalue weighted by molar-refractivity contribution is 5.83. The van der Waals surface area contributed by atoms with E-state index in [-0.39, 0.29) is 0 Å². The quantitative estimate of drug-likeness (QED) is 0.635. The smallest absolute Gasteiger partial charge is 0.218 e. The maximum Gasteiger partial charge on any atom is 0.218 e. The molecular weight excluding hydrogens is 286 g/mol. The van der Waals surface area contributed by atoms with Gasteiger partial charge in [-0.25, -0.2) is 0 Å². The average molecular weight is 305 g/mol. The van der Waals surface area contributed by atoms with Gasteiger partial charge in [-0.2, -0.15) is 0 Å². The van der Waals surface area contributed by atoms with E-state index in [4.69, 9.17) is 15.2 Å². The molecule has 0 bridgehead atoms. The SMILES string of the molecule is N[C@H]1[C@@H](Oc2ccc3ccccc3c2)O[C@H](CO)[C@@H](O)[C@@H]1O. The van der Waals surface area contributed by atoms with Gasteiger partial charge in [0.2, 0.25) is 6.29 Å². The van der Waals surface area contributed by atoms with Crippen LogP contribution < -0.4 is 10.5 Å². The van der Waals surface area contributed by atoms with Gasteiger partial charge in [0.25, 0.3) is 0 Å². The summed E-state index contributed by atoms with van der Waals surface area (Å²) in [5.41, 5.74) is 5.85. The van der Waals surface area contributed by atoms with Gasteiger partial charge in [0, 0.05) is 0 Å². The van der Waals surface area contributed by atoms with Crippen molar-refractivity contribution in [2.45, 2.75) is 30.6 Å². The van der Waals surface area contributed by atoms with Gasteiger partial charge in [0.15, 0.2) is 0 Å². The van der Waals surface area contributed by atoms with Crippen LogP contribution in [0.1, 0.15) is 0 Å². The first-order valence-electron chi connectivity index (χ1n) is 7.13. The number of hydrogen-bond acceptors (Lipinski definition) is 6. The van der Waals surface area contributed by atoms with E-state index >= 15 is 0 Å². The minimum absolute atomic E-state index is 0.428. The lowest BCUT2D eigenvalue weighted by atomic mass is 9.98. The molecule has 6 nitrogen and oxygen atoms in total. The fourth-order valence-corrected chi connectivity index (χ4v) is 2.58. The van der Waals surface area contributed by atoms with Crippen LogP contribution in [0.5, 0.6) is 5.75 Å². The minimum Gasteiger partial charge on any atom is -0.463 e. The highest BCUT2D eigenvalue weighted by Crippen LogP contribution is 2.25. The van der Waals surface area contributed by atoms with Crippen molar-refractivity contribution in [1.29, 1.82) is 0 Å². The number of aliphatic hydroxyl groups is 3. The summed E-state index contributed by atoms with van der Waals surface area (Å²) in [4.78, 5) is 0. The van der Waals surface area contributed by atoms with Gasteiger partial charge in [0.05, 0.1) is 12.6 Å². The van der Waals surface area contributed by atoms with Gasteiger partial charge in [0.1, 0.15) is 24.1 Å². The molecule has 0 amide bonds. The standard InChI is InChI=1S/C16H19NO5/c17-13-15(20)14(19)12(8-18)22-16(13)21-11-6-5-9-3-1-2-4-10(9)7-11/h1-7,12-16,18-20H,8,17H2/t12-,13-,14-,15-,16+/m1/s1. The Morgan fingerprint density at radius 1 is 1.05 bits per heavy atom. The first-order valence-corrected chi connectivity index (χ1v) is 7.13. The Balaban J connectivity index is 1.80. The third-order valence-electron chi connectivity index (χ3n) is 3.90. The zero-order valence-corrected chi connectivity index (χ0v) is 11.9. The van der Waals surface area contributed by atoms with Crippen LogP contribution in [0.4, 0.5) is 0 Å². The molecule has 1 saturated heterocycles. The van der Waals surface area contributed by atoms with E-state index in [1.54, 1.807) is 6.07 Å². The molecule has 2 aromatic carbocycles. The summed E-state index contributed by atoms with van der Waals surface area (Å²) in [5, 5.41) is 31.0. The molecule has 1 aliphatic heterocycles. The molecule has 118 valence electrons. The highest BCUT2D eigenvalue weighted by atomic mass is 16.7. The fraction of sp³-hybridized carbons (Fsp3) is 0.375. The zero-order valence-electron chi connectivity index (χ0n) is 11.9. The fourth-order valence-electron chi connectivity index (χ4n) is 2.58. The third-order valence-corrected chi connectivity index (χ3v) is 3.90. The Morgan fingerprint density at radius 2 is 1.77 bits per heavy atom. The van der Waals surface area contributed by atoms with Crippen LogP contribution in [0, 0.1) is 0 Å². The van der Waals surface area contributed by atoms with Crippen LogP contribution in [-0.2, 0) is 4.74 Å². The van der Waals surface area contributed by atoms with E-state index in [1.807, 2.05) is 36.4 Å². The number of aliphatic hydroxyl groups excluding tert-OH is 3. The minimum atomic E-state index is -1.24. The summed E-state index contributed by atoms with van der Waals surface area (Å²) in [6.45, 7) is -0.428. The molecule has 5 N–H and O–H groups in total. The molecule has 2 aromatic rings. The predicted molar refractivity (Wildman–Crippen MR) is 80.3 cm³/mol. The number of hydrogen-bond donors (Lipinski definition) is 4. The lowest BCUT2D eigenvalue weighted by Crippen LogP contribution is -2.63. The van der Waals surface area contributed by atoms with E-state index in [9.17, 15) is 15.3 Å². The van der Waals surface area contributed by atoms with Crippen LogP contribution >= 0.6 is 0 Å². The van der Waals surface area contributed by atoms with Crippen LogP contribution in [0.25, 0.3) is 10.8 Å². The molecule has 1 heterocycles. The second kappa shape index (κ2) is 6.20. The molecule has 0 aliphatic carbocycles. The van der Waals surface area contributed by atoms with Crippen molar-refractivity contribution >= 4 is 10.8 Å². The Labute approximate surface area is 127 Å². The molecule has 0 radical (unpaired) electrons. The first-order chi connectivity index (χ1) is 10.6. The van der Waals surface area contributed by atoms with E-state index in [1.165, 1.54) is 0 Å². The number of rotatable bonds is 3. The summed E-state index contributed by atoms with van der Waals surface area (Å²) in [5.74, 6) is 0.541. The number of nitrogens with two attached hydrogens (primary N) is 1. The van der Waals surface area contributed by atoms with Crippen LogP contribution in [0.15, 0.2) is 42.5 Å². The van der Waals surface area contributed by atoms with Gasteiger partial charge >= 0.3 is 0 Å². The molecule has 5 atom stereocenters. The van der Waals surface area contributed by atoms with Crippen molar-refractivity contribution in [2.75, 3.05) is 6.61 Å². The summed E-state index contributed by atoms with van der Waals surface area (Å²) in [6, 6.07) is 12.4. The van der Waals surface area contributed by atoms with E-state index in [0.29, 0.717) is 5.75 Å². The van der Waals surface area contributed by atoms with Gasteiger partial charge < -0.3 is 30.5 Å². The molecule has 22 heavy (non-hydrogen) atoms. The first kappa shape index (κ1) is 15.2. The van der Waals surface area contributed by atoms with Gasteiger partial charge in [-0.1, -0.05) is 30.3 Å². The average Bonchev–Trinajstić information content (AvgIpc) is 2.55. The molecule has 0 unspecified atom stereocenters. The van der Waals surface area contributed by atoms with Crippen molar-refractivity contribution in [3.05, 3.63) is 42.5 Å². The number of benzene rings is 2. The molecule has 0 spiro atoms. The Morgan fingerprint density at radius 3 is 2.50 bits per heavy atom. The van der Waals surface area contributed by atoms with E-state index in [0.717, 1.165) is 10.8 Å². The van der Waals surface area contributed by atoms with Crippen molar-refractivity contribution in [1.82, 2.24) is 0 Å². The van der Waals surface area contributed by atoms with E-state index < -0.39 is 37.3 Å². The number of fused-ring (bicyclic) bond motifs is 1. The monoisotopic (exact) mass is 305 g/mol. The second-order valence-electron chi connectivity index (χ2n) is 5.41. The Kier molecular flexibility index (Phi) is 4.28. The molecular formula is C16H19NO5. The maximum absolute atomic E-state index is 9.92. The Bertz CT molecular complexity index is 647. The lowest BCUT2D eigenvalue weighted by molar-refractivity contribution is -0.239. The van der Waals surface area contributed by atoms with Crippen LogP contribution in [-0.4, -0.2) is 52.6 Å². The van der Waals surface area contributed by atoms with Crippen molar-refractivity contribution in [3.63, 3.8) is 0 Å². The van der Waals surface area contributed by atoms with E-state index in [2.05, 4.69) is 0 Å². The maximum atomic E-state index is 9.92. The summed E-state index contributed by atoms with van der Waals surface area (Å²) >= 11 is 0. The third kappa shape index (κ3) is 2.79. The Hall–Kier alpha value is -1.70. The molecule has 0 saturated carbocycles. The molecule has 6 heteroatoms. The van der Waals surface area contributed by atoms with Gasteiger partial charge in [-0.05, 0) is 22.9 Å². The highest BCUT2D eigenvalue weighted by Gasteiger charge is 2.43. The lowest BCUT2D eigenvalue weighted by Gasteiger charge is -2.40. The predicted octanol–water partition coefficient (Wildman–Crippen LogP) is -0.0151. The van der Waals surface area contributed by atoms with Crippen molar-refractivity contribution in [2.24, 2.45) is 5.73 Å². The van der Waals surface area contributed by atoms with Crippen LogP contribution in [0.2, 0.25) is 0 Å². The molecule has 3 rings (SSSR count).